The molecule has 0 aliphatic heterocycles. The summed E-state index contributed by atoms with van der Waals surface area (Å²) in [5, 5.41) is 11.1. The van der Waals surface area contributed by atoms with E-state index in [0.29, 0.717) is 18.7 Å². The fourth-order valence-corrected chi connectivity index (χ4v) is 2.58. The summed E-state index contributed by atoms with van der Waals surface area (Å²) in [7, 11) is 0. The van der Waals surface area contributed by atoms with E-state index >= 15 is 0 Å². The van der Waals surface area contributed by atoms with E-state index in [0.717, 1.165) is 12.1 Å². The summed E-state index contributed by atoms with van der Waals surface area (Å²) in [6.07, 6.45) is 4.04. The first-order valence-electron chi connectivity index (χ1n) is 8.05. The minimum atomic E-state index is -0.0363. The molecule has 126 valence electrons. The van der Waals surface area contributed by atoms with Gasteiger partial charge in [-0.25, -0.2) is 4.68 Å². The van der Waals surface area contributed by atoms with E-state index in [2.05, 4.69) is 34.2 Å². The third kappa shape index (κ3) is 4.17. The summed E-state index contributed by atoms with van der Waals surface area (Å²) in [6, 6.07) is 17.4. The molecule has 0 saturated carbocycles. The second-order valence-electron chi connectivity index (χ2n) is 5.58. The second kappa shape index (κ2) is 8.01. The molecule has 0 aliphatic carbocycles. The zero-order valence-electron chi connectivity index (χ0n) is 13.8. The van der Waals surface area contributed by atoms with Gasteiger partial charge >= 0.3 is 0 Å². The van der Waals surface area contributed by atoms with Gasteiger partial charge in [-0.05, 0) is 40.6 Å². The maximum atomic E-state index is 12.9. The van der Waals surface area contributed by atoms with Gasteiger partial charge in [0.1, 0.15) is 6.33 Å². The maximum absolute atomic E-state index is 12.9. The van der Waals surface area contributed by atoms with E-state index in [4.69, 9.17) is 0 Å². The SMILES string of the molecule is C=CCN(CCc1ccccc1)C(=O)c1cccc(-n2cnnn2)c1. The Hall–Kier alpha value is -3.28. The molecule has 0 N–H and O–H groups in total. The van der Waals surface area contributed by atoms with Gasteiger partial charge in [0.2, 0.25) is 0 Å². The minimum absolute atomic E-state index is 0.0363. The van der Waals surface area contributed by atoms with E-state index < -0.39 is 0 Å². The molecule has 1 aromatic heterocycles. The second-order valence-corrected chi connectivity index (χ2v) is 5.58. The Morgan fingerprint density at radius 3 is 2.72 bits per heavy atom. The van der Waals surface area contributed by atoms with Gasteiger partial charge < -0.3 is 4.90 Å². The molecule has 25 heavy (non-hydrogen) atoms. The van der Waals surface area contributed by atoms with Crippen LogP contribution < -0.4 is 0 Å². The van der Waals surface area contributed by atoms with Crippen LogP contribution in [0.25, 0.3) is 5.69 Å². The van der Waals surface area contributed by atoms with Gasteiger partial charge in [0.25, 0.3) is 5.91 Å². The molecule has 3 rings (SSSR count). The largest absolute Gasteiger partial charge is 0.335 e. The monoisotopic (exact) mass is 333 g/mol. The van der Waals surface area contributed by atoms with Gasteiger partial charge in [-0.15, -0.1) is 11.7 Å². The van der Waals surface area contributed by atoms with Crippen LogP contribution in [0.5, 0.6) is 0 Å². The number of amides is 1. The van der Waals surface area contributed by atoms with Gasteiger partial charge in [0.15, 0.2) is 0 Å². The van der Waals surface area contributed by atoms with Crippen molar-refractivity contribution < 1.29 is 4.79 Å². The summed E-state index contributed by atoms with van der Waals surface area (Å²) in [5.74, 6) is -0.0363. The number of nitrogens with zero attached hydrogens (tertiary/aromatic N) is 5. The van der Waals surface area contributed by atoms with E-state index in [9.17, 15) is 4.79 Å². The van der Waals surface area contributed by atoms with Crippen molar-refractivity contribution in [3.63, 3.8) is 0 Å². The number of carbonyl (C=O) groups excluding carboxylic acids is 1. The predicted octanol–water partition coefficient (Wildman–Crippen LogP) is 2.53. The highest BCUT2D eigenvalue weighted by atomic mass is 16.2. The van der Waals surface area contributed by atoms with Gasteiger partial charge in [0, 0.05) is 18.7 Å². The smallest absolute Gasteiger partial charge is 0.254 e. The highest BCUT2D eigenvalue weighted by Crippen LogP contribution is 2.12. The Labute approximate surface area is 146 Å². The quantitative estimate of drug-likeness (QED) is 0.623. The molecule has 6 nitrogen and oxygen atoms in total. The van der Waals surface area contributed by atoms with Crippen LogP contribution in [0.15, 0.2) is 73.6 Å². The van der Waals surface area contributed by atoms with Crippen LogP contribution in [0.2, 0.25) is 0 Å². The summed E-state index contributed by atoms with van der Waals surface area (Å²) in [4.78, 5) is 14.7. The third-order valence-electron chi connectivity index (χ3n) is 3.86. The lowest BCUT2D eigenvalue weighted by Gasteiger charge is -2.21. The number of hydrogen-bond donors (Lipinski definition) is 0. The summed E-state index contributed by atoms with van der Waals surface area (Å²) < 4.78 is 1.53. The molecule has 0 aliphatic rings. The van der Waals surface area contributed by atoms with E-state index in [1.54, 1.807) is 23.1 Å². The normalized spacial score (nSPS) is 10.4. The lowest BCUT2D eigenvalue weighted by molar-refractivity contribution is 0.0775. The minimum Gasteiger partial charge on any atom is -0.335 e. The van der Waals surface area contributed by atoms with Crippen molar-refractivity contribution in [1.29, 1.82) is 0 Å². The number of rotatable bonds is 7. The van der Waals surface area contributed by atoms with Crippen molar-refractivity contribution >= 4 is 5.91 Å². The van der Waals surface area contributed by atoms with Gasteiger partial charge in [-0.1, -0.05) is 42.5 Å². The summed E-state index contributed by atoms with van der Waals surface area (Å²) in [5.41, 5.74) is 2.55. The van der Waals surface area contributed by atoms with Crippen LogP contribution in [0, 0.1) is 0 Å². The van der Waals surface area contributed by atoms with Crippen molar-refractivity contribution in [1.82, 2.24) is 25.1 Å². The number of carbonyl (C=O) groups is 1. The van der Waals surface area contributed by atoms with Crippen LogP contribution in [0.3, 0.4) is 0 Å². The fraction of sp³-hybridized carbons (Fsp3) is 0.158. The van der Waals surface area contributed by atoms with Crippen LogP contribution in [0.4, 0.5) is 0 Å². The summed E-state index contributed by atoms with van der Waals surface area (Å²) >= 11 is 0. The molecule has 3 aromatic rings. The van der Waals surface area contributed by atoms with Crippen LogP contribution in [0.1, 0.15) is 15.9 Å². The van der Waals surface area contributed by atoms with Crippen molar-refractivity contribution in [3.05, 3.63) is 84.7 Å². The van der Waals surface area contributed by atoms with Gasteiger partial charge in [-0.2, -0.15) is 0 Å². The van der Waals surface area contributed by atoms with Crippen molar-refractivity contribution in [3.8, 4) is 5.69 Å². The first-order chi connectivity index (χ1) is 12.3. The van der Waals surface area contributed by atoms with E-state index in [1.807, 2.05) is 30.3 Å². The first kappa shape index (κ1) is 16.6. The number of hydrogen-bond acceptors (Lipinski definition) is 4. The Balaban J connectivity index is 1.76. The van der Waals surface area contributed by atoms with E-state index in [-0.39, 0.29) is 5.91 Å². The average Bonchev–Trinajstić information content (AvgIpc) is 3.20. The van der Waals surface area contributed by atoms with Crippen molar-refractivity contribution in [2.75, 3.05) is 13.1 Å². The molecule has 0 saturated heterocycles. The molecule has 1 amide bonds. The molecule has 0 radical (unpaired) electrons. The molecule has 0 atom stereocenters. The van der Waals surface area contributed by atoms with Crippen molar-refractivity contribution in [2.24, 2.45) is 0 Å². The number of tetrazole rings is 1. The molecular formula is C19H19N5O. The topological polar surface area (TPSA) is 63.9 Å². The molecule has 0 fully saturated rings. The lowest BCUT2D eigenvalue weighted by Crippen LogP contribution is -2.33. The highest BCUT2D eigenvalue weighted by Gasteiger charge is 2.15. The zero-order valence-corrected chi connectivity index (χ0v) is 13.8. The van der Waals surface area contributed by atoms with Crippen LogP contribution >= 0.6 is 0 Å². The van der Waals surface area contributed by atoms with E-state index in [1.165, 1.54) is 16.6 Å². The molecule has 1 heterocycles. The zero-order chi connectivity index (χ0) is 17.5. The Bertz CT molecular complexity index is 830. The molecular weight excluding hydrogens is 314 g/mol. The molecule has 6 heteroatoms. The molecule has 0 bridgehead atoms. The molecule has 0 spiro atoms. The van der Waals surface area contributed by atoms with Crippen LogP contribution in [-0.4, -0.2) is 44.1 Å². The Morgan fingerprint density at radius 1 is 1.16 bits per heavy atom. The van der Waals surface area contributed by atoms with Gasteiger partial charge in [0.05, 0.1) is 5.69 Å². The molecule has 2 aromatic carbocycles. The number of aromatic nitrogens is 4. The predicted molar refractivity (Wildman–Crippen MR) is 95.4 cm³/mol. The third-order valence-corrected chi connectivity index (χ3v) is 3.86. The standard InChI is InChI=1S/C19H19N5O/c1-2-12-23(13-11-16-7-4-3-5-8-16)19(25)17-9-6-10-18(14-17)24-15-20-21-22-24/h2-10,14-15H,1,11-13H2. The fourth-order valence-electron chi connectivity index (χ4n) is 2.58. The molecule has 0 unspecified atom stereocenters. The van der Waals surface area contributed by atoms with Crippen LogP contribution in [-0.2, 0) is 6.42 Å². The Kier molecular flexibility index (Phi) is 5.31. The highest BCUT2D eigenvalue weighted by molar-refractivity contribution is 5.94. The summed E-state index contributed by atoms with van der Waals surface area (Å²) in [6.45, 7) is 4.89. The average molecular weight is 333 g/mol. The van der Waals surface area contributed by atoms with Crippen molar-refractivity contribution in [2.45, 2.75) is 6.42 Å². The maximum Gasteiger partial charge on any atom is 0.254 e. The lowest BCUT2D eigenvalue weighted by atomic mass is 10.1. The van der Waals surface area contributed by atoms with Gasteiger partial charge in [-0.3, -0.25) is 4.79 Å². The Morgan fingerprint density at radius 2 is 2.00 bits per heavy atom. The number of benzene rings is 2. The first-order valence-corrected chi connectivity index (χ1v) is 8.05.